The van der Waals surface area contributed by atoms with E-state index in [1.807, 2.05) is 0 Å². The Labute approximate surface area is 144 Å². The van der Waals surface area contributed by atoms with Crippen molar-refractivity contribution < 1.29 is 9.53 Å². The smallest absolute Gasteiger partial charge is 0.230 e. The molecular weight excluding hydrogens is 318 g/mol. The molecule has 2 heterocycles. The van der Waals surface area contributed by atoms with Crippen molar-refractivity contribution in [2.45, 2.75) is 6.42 Å². The van der Waals surface area contributed by atoms with Gasteiger partial charge in [-0.15, -0.1) is 0 Å². The van der Waals surface area contributed by atoms with E-state index < -0.39 is 0 Å². The zero-order valence-corrected chi connectivity index (χ0v) is 13.5. The van der Waals surface area contributed by atoms with E-state index in [-0.39, 0.29) is 12.3 Å². The van der Waals surface area contributed by atoms with E-state index in [0.29, 0.717) is 39.3 Å². The number of nitrogen functional groups attached to an aromatic ring is 1. The largest absolute Gasteiger partial charge is 0.495 e. The number of benzene rings is 1. The summed E-state index contributed by atoms with van der Waals surface area (Å²) in [6.45, 7) is 0. The lowest BCUT2D eigenvalue weighted by atomic mass is 10.1. The summed E-state index contributed by atoms with van der Waals surface area (Å²) in [5, 5.41) is 12.4. The van der Waals surface area contributed by atoms with Crippen LogP contribution in [0.25, 0.3) is 10.9 Å². The molecule has 0 bridgehead atoms. The standard InChI is InChI=1S/C18H15N5O2/c1-25-13-4-3-12(21-9-13)7-17(24)23-16-10-22-15-5-2-11(8-19)6-14(15)18(16)20/h2-6,9-10H,7H2,1H3,(H2,20,22)(H,23,24). The quantitative estimate of drug-likeness (QED) is 0.757. The first kappa shape index (κ1) is 16.2. The van der Waals surface area contributed by atoms with Gasteiger partial charge in [-0.25, -0.2) is 0 Å². The van der Waals surface area contributed by atoms with Gasteiger partial charge < -0.3 is 15.8 Å². The van der Waals surface area contributed by atoms with Crippen LogP contribution in [0.2, 0.25) is 0 Å². The monoisotopic (exact) mass is 333 g/mol. The molecule has 1 amide bonds. The highest BCUT2D eigenvalue weighted by atomic mass is 16.5. The zero-order valence-electron chi connectivity index (χ0n) is 13.5. The molecule has 124 valence electrons. The van der Waals surface area contributed by atoms with Crippen LogP contribution in [0.15, 0.2) is 42.7 Å². The molecule has 25 heavy (non-hydrogen) atoms. The van der Waals surface area contributed by atoms with E-state index in [1.165, 1.54) is 6.20 Å². The van der Waals surface area contributed by atoms with Crippen LogP contribution in [-0.4, -0.2) is 23.0 Å². The number of nitriles is 1. The van der Waals surface area contributed by atoms with Crippen molar-refractivity contribution in [3.63, 3.8) is 0 Å². The Balaban J connectivity index is 1.80. The summed E-state index contributed by atoms with van der Waals surface area (Å²) in [7, 11) is 1.55. The first-order valence-electron chi connectivity index (χ1n) is 7.48. The van der Waals surface area contributed by atoms with Gasteiger partial charge in [0.25, 0.3) is 0 Å². The number of anilines is 2. The number of carbonyl (C=O) groups excluding carboxylic acids is 1. The van der Waals surface area contributed by atoms with E-state index in [1.54, 1.807) is 43.6 Å². The van der Waals surface area contributed by atoms with Crippen molar-refractivity contribution in [3.05, 3.63) is 54.0 Å². The van der Waals surface area contributed by atoms with Crippen molar-refractivity contribution in [3.8, 4) is 11.8 Å². The van der Waals surface area contributed by atoms with E-state index in [4.69, 9.17) is 15.7 Å². The number of nitrogens with one attached hydrogen (secondary N) is 1. The Morgan fingerprint density at radius 2 is 2.12 bits per heavy atom. The molecule has 1 aromatic carbocycles. The molecule has 3 rings (SSSR count). The molecule has 0 aliphatic heterocycles. The number of aromatic nitrogens is 2. The first-order chi connectivity index (χ1) is 12.1. The van der Waals surface area contributed by atoms with Crippen LogP contribution in [0, 0.1) is 11.3 Å². The van der Waals surface area contributed by atoms with Crippen LogP contribution in [0.3, 0.4) is 0 Å². The Morgan fingerprint density at radius 1 is 1.28 bits per heavy atom. The van der Waals surface area contributed by atoms with Crippen molar-refractivity contribution >= 4 is 28.2 Å². The lowest BCUT2D eigenvalue weighted by molar-refractivity contribution is -0.115. The van der Waals surface area contributed by atoms with Crippen LogP contribution in [0.4, 0.5) is 11.4 Å². The fraction of sp³-hybridized carbons (Fsp3) is 0.111. The van der Waals surface area contributed by atoms with Crippen LogP contribution in [0.1, 0.15) is 11.3 Å². The number of amides is 1. The van der Waals surface area contributed by atoms with Crippen molar-refractivity contribution in [1.29, 1.82) is 5.26 Å². The Bertz CT molecular complexity index is 977. The maximum absolute atomic E-state index is 12.2. The van der Waals surface area contributed by atoms with Gasteiger partial charge in [0.15, 0.2) is 0 Å². The maximum Gasteiger partial charge on any atom is 0.230 e. The topological polar surface area (TPSA) is 114 Å². The Hall–Kier alpha value is -3.66. The molecule has 0 saturated heterocycles. The number of hydrogen-bond donors (Lipinski definition) is 2. The third-order valence-corrected chi connectivity index (χ3v) is 3.69. The van der Waals surface area contributed by atoms with Crippen molar-refractivity contribution in [1.82, 2.24) is 9.97 Å². The SMILES string of the molecule is COc1ccc(CC(=O)Nc2cnc3ccc(C#N)cc3c2N)nc1. The minimum absolute atomic E-state index is 0.0969. The van der Waals surface area contributed by atoms with Gasteiger partial charge in [-0.3, -0.25) is 14.8 Å². The Morgan fingerprint density at radius 3 is 2.80 bits per heavy atom. The van der Waals surface area contributed by atoms with Gasteiger partial charge >= 0.3 is 0 Å². The molecule has 0 aliphatic rings. The lowest BCUT2D eigenvalue weighted by Gasteiger charge is -2.10. The first-order valence-corrected chi connectivity index (χ1v) is 7.48. The second-order valence-electron chi connectivity index (χ2n) is 5.34. The van der Waals surface area contributed by atoms with Gasteiger partial charge in [-0.1, -0.05) is 0 Å². The van der Waals surface area contributed by atoms with Gasteiger partial charge in [0.2, 0.25) is 5.91 Å². The summed E-state index contributed by atoms with van der Waals surface area (Å²) in [6.07, 6.45) is 3.15. The second kappa shape index (κ2) is 6.84. The normalized spacial score (nSPS) is 10.2. The van der Waals surface area contributed by atoms with Crippen LogP contribution in [-0.2, 0) is 11.2 Å². The van der Waals surface area contributed by atoms with Gasteiger partial charge in [-0.2, -0.15) is 5.26 Å². The molecule has 3 N–H and O–H groups in total. The van der Waals surface area contributed by atoms with Crippen LogP contribution >= 0.6 is 0 Å². The number of ether oxygens (including phenoxy) is 1. The minimum Gasteiger partial charge on any atom is -0.495 e. The molecule has 3 aromatic rings. The predicted molar refractivity (Wildman–Crippen MR) is 94.0 cm³/mol. The number of nitrogens with zero attached hydrogens (tertiary/aromatic N) is 3. The summed E-state index contributed by atoms with van der Waals surface area (Å²) in [4.78, 5) is 20.7. The van der Waals surface area contributed by atoms with Crippen molar-refractivity contribution in [2.75, 3.05) is 18.2 Å². The predicted octanol–water partition coefficient (Wildman–Crippen LogP) is 2.27. The molecule has 0 unspecified atom stereocenters. The van der Waals surface area contributed by atoms with Crippen LogP contribution < -0.4 is 15.8 Å². The number of carbonyl (C=O) groups is 1. The summed E-state index contributed by atoms with van der Waals surface area (Å²) >= 11 is 0. The molecule has 7 nitrogen and oxygen atoms in total. The zero-order chi connectivity index (χ0) is 17.8. The van der Waals surface area contributed by atoms with E-state index in [2.05, 4.69) is 21.4 Å². The highest BCUT2D eigenvalue weighted by molar-refractivity contribution is 6.02. The number of pyridine rings is 2. The summed E-state index contributed by atoms with van der Waals surface area (Å²) in [5.41, 5.74) is 8.65. The highest BCUT2D eigenvalue weighted by Crippen LogP contribution is 2.27. The maximum atomic E-state index is 12.2. The summed E-state index contributed by atoms with van der Waals surface area (Å²) in [5.74, 6) is 0.363. The molecule has 0 saturated carbocycles. The summed E-state index contributed by atoms with van der Waals surface area (Å²) < 4.78 is 5.03. The van der Waals surface area contributed by atoms with Gasteiger partial charge in [0.05, 0.1) is 54.4 Å². The molecular formula is C18H15N5O2. The third-order valence-electron chi connectivity index (χ3n) is 3.69. The van der Waals surface area contributed by atoms with Gasteiger partial charge in [0.1, 0.15) is 5.75 Å². The fourth-order valence-electron chi connectivity index (χ4n) is 2.38. The molecule has 7 heteroatoms. The van der Waals surface area contributed by atoms with E-state index >= 15 is 0 Å². The highest BCUT2D eigenvalue weighted by Gasteiger charge is 2.11. The average molecular weight is 333 g/mol. The van der Waals surface area contributed by atoms with E-state index in [0.717, 1.165) is 0 Å². The number of methoxy groups -OCH3 is 1. The molecule has 0 radical (unpaired) electrons. The Kier molecular flexibility index (Phi) is 4.44. The molecule has 0 fully saturated rings. The third kappa shape index (κ3) is 3.48. The minimum atomic E-state index is -0.262. The van der Waals surface area contributed by atoms with Crippen molar-refractivity contribution in [2.24, 2.45) is 0 Å². The van der Waals surface area contributed by atoms with E-state index in [9.17, 15) is 4.79 Å². The lowest BCUT2D eigenvalue weighted by Crippen LogP contribution is -2.16. The second-order valence-corrected chi connectivity index (χ2v) is 5.34. The molecule has 0 atom stereocenters. The number of nitrogens with two attached hydrogens (primary N) is 1. The molecule has 0 aliphatic carbocycles. The van der Waals surface area contributed by atoms with Crippen LogP contribution in [0.5, 0.6) is 5.75 Å². The molecule has 0 spiro atoms. The number of fused-ring (bicyclic) bond motifs is 1. The molecule has 2 aromatic heterocycles. The average Bonchev–Trinajstić information content (AvgIpc) is 2.64. The number of hydrogen-bond acceptors (Lipinski definition) is 6. The fourth-order valence-corrected chi connectivity index (χ4v) is 2.38. The summed E-state index contributed by atoms with van der Waals surface area (Å²) in [6, 6.07) is 10.6. The number of rotatable bonds is 4. The van der Waals surface area contributed by atoms with Gasteiger partial charge in [0, 0.05) is 11.1 Å². The van der Waals surface area contributed by atoms with Gasteiger partial charge in [-0.05, 0) is 30.3 Å².